The lowest BCUT2D eigenvalue weighted by Crippen LogP contribution is -2.03. The van der Waals surface area contributed by atoms with Crippen LogP contribution < -0.4 is 4.74 Å². The van der Waals surface area contributed by atoms with Gasteiger partial charge in [0.05, 0.1) is 13.2 Å². The van der Waals surface area contributed by atoms with Crippen molar-refractivity contribution >= 4 is 0 Å². The molecule has 0 amide bonds. The van der Waals surface area contributed by atoms with Crippen LogP contribution in [0.4, 0.5) is 13.2 Å². The lowest BCUT2D eigenvalue weighted by Gasteiger charge is -2.12. The third kappa shape index (κ3) is 3.76. The molecule has 1 atom stereocenters. The fourth-order valence-corrected chi connectivity index (χ4v) is 2.04. The Bertz CT molecular complexity index is 597. The summed E-state index contributed by atoms with van der Waals surface area (Å²) in [6, 6.07) is 9.87. The van der Waals surface area contributed by atoms with Crippen molar-refractivity contribution in [3.05, 3.63) is 65.0 Å². The van der Waals surface area contributed by atoms with Gasteiger partial charge in [0, 0.05) is 12.0 Å². The summed E-state index contributed by atoms with van der Waals surface area (Å²) in [5.41, 5.74) is 1.01. The van der Waals surface area contributed by atoms with Gasteiger partial charge in [-0.3, -0.25) is 0 Å². The molecule has 0 bridgehead atoms. The van der Waals surface area contributed by atoms with Crippen LogP contribution in [-0.2, 0) is 6.42 Å². The second kappa shape index (κ2) is 6.63. The second-order valence-electron chi connectivity index (χ2n) is 4.66. The van der Waals surface area contributed by atoms with Crippen LogP contribution in [0.2, 0.25) is 0 Å². The Morgan fingerprint density at radius 3 is 2.19 bits per heavy atom. The summed E-state index contributed by atoms with van der Waals surface area (Å²) in [6.07, 6.45) is -3.23. The highest BCUT2D eigenvalue weighted by molar-refractivity contribution is 5.31. The number of hydrogen-bond acceptors (Lipinski definition) is 2. The lowest BCUT2D eigenvalue weighted by molar-refractivity contribution is 0.151. The molecule has 0 saturated carbocycles. The molecular weight excluding hydrogens is 281 g/mol. The van der Waals surface area contributed by atoms with Gasteiger partial charge in [-0.25, -0.2) is 13.2 Å². The van der Waals surface area contributed by atoms with Crippen LogP contribution in [0.1, 0.15) is 29.2 Å². The fourth-order valence-electron chi connectivity index (χ4n) is 2.04. The first kappa shape index (κ1) is 15.4. The number of hydrogen-bond donors (Lipinski definition) is 1. The number of alkyl halides is 2. The van der Waals surface area contributed by atoms with Crippen LogP contribution in [0.15, 0.2) is 42.5 Å². The van der Waals surface area contributed by atoms with Gasteiger partial charge in [-0.05, 0) is 23.3 Å². The Morgan fingerprint density at radius 1 is 1.05 bits per heavy atom. The van der Waals surface area contributed by atoms with E-state index < -0.39 is 18.3 Å². The molecule has 0 spiro atoms. The first-order chi connectivity index (χ1) is 10.0. The van der Waals surface area contributed by atoms with E-state index in [1.165, 1.54) is 43.5 Å². The van der Waals surface area contributed by atoms with Gasteiger partial charge in [0.15, 0.2) is 11.6 Å². The highest BCUT2D eigenvalue weighted by Crippen LogP contribution is 2.25. The Morgan fingerprint density at radius 2 is 1.67 bits per heavy atom. The molecule has 0 aromatic heterocycles. The summed E-state index contributed by atoms with van der Waals surface area (Å²) in [4.78, 5) is 0. The molecule has 0 heterocycles. The maximum absolute atomic E-state index is 13.6. The standard InChI is InChI=1S/C16H15F3O2/c1-21-15-7-2-10(8-13(15)17)9-14(20)11-3-5-12(6-4-11)16(18)19/h2-8,14,16,20H,9H2,1H3. The number of halogens is 3. The van der Waals surface area contributed by atoms with Gasteiger partial charge in [-0.15, -0.1) is 0 Å². The van der Waals surface area contributed by atoms with E-state index in [4.69, 9.17) is 4.74 Å². The van der Waals surface area contributed by atoms with Gasteiger partial charge < -0.3 is 9.84 Å². The SMILES string of the molecule is COc1ccc(CC(O)c2ccc(C(F)F)cc2)cc1F. The third-order valence-electron chi connectivity index (χ3n) is 3.22. The quantitative estimate of drug-likeness (QED) is 0.902. The van der Waals surface area contributed by atoms with Crippen molar-refractivity contribution in [2.75, 3.05) is 7.11 Å². The van der Waals surface area contributed by atoms with E-state index >= 15 is 0 Å². The Balaban J connectivity index is 2.10. The minimum absolute atomic E-state index is 0.0959. The molecule has 2 aromatic rings. The monoisotopic (exact) mass is 296 g/mol. The van der Waals surface area contributed by atoms with Crippen LogP contribution in [0.5, 0.6) is 5.75 Å². The summed E-state index contributed by atoms with van der Waals surface area (Å²) < 4.78 is 43.3. The molecule has 1 unspecified atom stereocenters. The average molecular weight is 296 g/mol. The van der Waals surface area contributed by atoms with E-state index in [1.54, 1.807) is 6.07 Å². The Labute approximate surface area is 120 Å². The topological polar surface area (TPSA) is 29.5 Å². The first-order valence-electron chi connectivity index (χ1n) is 6.39. The minimum Gasteiger partial charge on any atom is -0.494 e. The van der Waals surface area contributed by atoms with Crippen molar-refractivity contribution in [1.82, 2.24) is 0 Å². The molecule has 1 N–H and O–H groups in total. The molecule has 5 heteroatoms. The molecule has 0 radical (unpaired) electrons. The van der Waals surface area contributed by atoms with Gasteiger partial charge >= 0.3 is 0 Å². The smallest absolute Gasteiger partial charge is 0.263 e. The molecule has 0 saturated heterocycles. The number of rotatable bonds is 5. The van der Waals surface area contributed by atoms with Crippen LogP contribution in [0.3, 0.4) is 0 Å². The highest BCUT2D eigenvalue weighted by Gasteiger charge is 2.12. The number of aliphatic hydroxyl groups excluding tert-OH is 1. The maximum Gasteiger partial charge on any atom is 0.263 e. The molecule has 21 heavy (non-hydrogen) atoms. The van der Waals surface area contributed by atoms with Crippen molar-refractivity contribution in [2.24, 2.45) is 0 Å². The van der Waals surface area contributed by atoms with Crippen molar-refractivity contribution in [2.45, 2.75) is 19.0 Å². The molecule has 2 aromatic carbocycles. The average Bonchev–Trinajstić information content (AvgIpc) is 2.47. The predicted octanol–water partition coefficient (Wildman–Crippen LogP) is 4.05. The van der Waals surface area contributed by atoms with Gasteiger partial charge in [0.1, 0.15) is 0 Å². The van der Waals surface area contributed by atoms with Gasteiger partial charge in [0.2, 0.25) is 0 Å². The van der Waals surface area contributed by atoms with Gasteiger partial charge in [-0.2, -0.15) is 0 Å². The summed E-state index contributed by atoms with van der Waals surface area (Å²) >= 11 is 0. The van der Waals surface area contributed by atoms with Crippen LogP contribution in [-0.4, -0.2) is 12.2 Å². The largest absolute Gasteiger partial charge is 0.494 e. The minimum atomic E-state index is -2.54. The number of aliphatic hydroxyl groups is 1. The number of ether oxygens (including phenoxy) is 1. The normalized spacial score (nSPS) is 12.5. The van der Waals surface area contributed by atoms with Crippen LogP contribution in [0.25, 0.3) is 0 Å². The van der Waals surface area contributed by atoms with E-state index in [0.717, 1.165) is 0 Å². The zero-order valence-corrected chi connectivity index (χ0v) is 11.4. The molecule has 112 valence electrons. The third-order valence-corrected chi connectivity index (χ3v) is 3.22. The van der Waals surface area contributed by atoms with Gasteiger partial charge in [-0.1, -0.05) is 30.3 Å². The predicted molar refractivity (Wildman–Crippen MR) is 73.0 cm³/mol. The van der Waals surface area contributed by atoms with Crippen molar-refractivity contribution in [3.63, 3.8) is 0 Å². The molecule has 0 aliphatic carbocycles. The molecule has 0 aliphatic rings. The lowest BCUT2D eigenvalue weighted by atomic mass is 10.0. The zero-order chi connectivity index (χ0) is 15.4. The zero-order valence-electron chi connectivity index (χ0n) is 11.4. The molecule has 0 aliphatic heterocycles. The Kier molecular flexibility index (Phi) is 4.85. The molecule has 2 rings (SSSR count). The van der Waals surface area contributed by atoms with Crippen molar-refractivity contribution in [1.29, 1.82) is 0 Å². The van der Waals surface area contributed by atoms with E-state index in [1.807, 2.05) is 0 Å². The summed E-state index contributed by atoms with van der Waals surface area (Å²) in [7, 11) is 1.37. The Hall–Kier alpha value is -2.01. The second-order valence-corrected chi connectivity index (χ2v) is 4.66. The van der Waals surface area contributed by atoms with Crippen molar-refractivity contribution < 1.29 is 23.0 Å². The van der Waals surface area contributed by atoms with E-state index in [9.17, 15) is 18.3 Å². The van der Waals surface area contributed by atoms with Crippen LogP contribution >= 0.6 is 0 Å². The van der Waals surface area contributed by atoms with E-state index in [2.05, 4.69) is 0 Å². The molecule has 2 nitrogen and oxygen atoms in total. The molecule has 0 fully saturated rings. The fraction of sp³-hybridized carbons (Fsp3) is 0.250. The number of benzene rings is 2. The van der Waals surface area contributed by atoms with Crippen LogP contribution in [0, 0.1) is 5.82 Å². The molecular formula is C16H15F3O2. The first-order valence-corrected chi connectivity index (χ1v) is 6.39. The van der Waals surface area contributed by atoms with Crippen molar-refractivity contribution in [3.8, 4) is 5.75 Å². The highest BCUT2D eigenvalue weighted by atomic mass is 19.3. The van der Waals surface area contributed by atoms with E-state index in [0.29, 0.717) is 11.1 Å². The summed E-state index contributed by atoms with van der Waals surface area (Å²) in [5, 5.41) is 10.1. The number of methoxy groups -OCH3 is 1. The summed E-state index contributed by atoms with van der Waals surface area (Å²) in [6.45, 7) is 0. The van der Waals surface area contributed by atoms with Gasteiger partial charge in [0.25, 0.3) is 6.43 Å². The van der Waals surface area contributed by atoms with E-state index in [-0.39, 0.29) is 17.7 Å². The maximum atomic E-state index is 13.6. The summed E-state index contributed by atoms with van der Waals surface area (Å²) in [5.74, 6) is -0.371.